The third-order valence-electron chi connectivity index (χ3n) is 3.05. The summed E-state index contributed by atoms with van der Waals surface area (Å²) in [5, 5.41) is 8.42. The van der Waals surface area contributed by atoms with Crippen LogP contribution in [0.4, 0.5) is 0 Å². The minimum atomic E-state index is 0.227. The van der Waals surface area contributed by atoms with Crippen LogP contribution in [0.2, 0.25) is 5.02 Å². The maximum atomic E-state index is 6.00. The van der Waals surface area contributed by atoms with Crippen LogP contribution in [0.25, 0.3) is 0 Å². The number of rotatable bonds is 6. The van der Waals surface area contributed by atoms with Gasteiger partial charge in [0.25, 0.3) is 0 Å². The maximum absolute atomic E-state index is 6.00. The first-order chi connectivity index (χ1) is 9.20. The van der Waals surface area contributed by atoms with E-state index in [1.54, 1.807) is 6.33 Å². The predicted octanol–water partition coefficient (Wildman–Crippen LogP) is 3.19. The van der Waals surface area contributed by atoms with Gasteiger partial charge in [-0.1, -0.05) is 30.7 Å². The van der Waals surface area contributed by atoms with Gasteiger partial charge >= 0.3 is 0 Å². The fourth-order valence-electron chi connectivity index (χ4n) is 1.96. The second-order valence-corrected chi connectivity index (χ2v) is 4.99. The molecule has 0 aliphatic heterocycles. The summed E-state index contributed by atoms with van der Waals surface area (Å²) >= 11 is 6.00. The number of hydrogen-bond donors (Lipinski definition) is 1. The average Bonchev–Trinajstić information content (AvgIpc) is 2.84. The Bertz CT molecular complexity index is 524. The molecule has 0 radical (unpaired) electrons. The van der Waals surface area contributed by atoms with Crippen LogP contribution in [0.15, 0.2) is 30.6 Å². The summed E-state index contributed by atoms with van der Waals surface area (Å²) in [7, 11) is 0. The molecular weight excluding hydrogens is 260 g/mol. The first kappa shape index (κ1) is 14.0. The molecule has 0 saturated carbocycles. The highest BCUT2D eigenvalue weighted by atomic mass is 35.5. The highest BCUT2D eigenvalue weighted by Crippen LogP contribution is 2.17. The molecule has 2 rings (SSSR count). The quantitative estimate of drug-likeness (QED) is 0.882. The van der Waals surface area contributed by atoms with Crippen molar-refractivity contribution in [2.75, 3.05) is 0 Å². The maximum Gasteiger partial charge on any atom is 0.140 e. The van der Waals surface area contributed by atoms with Crippen LogP contribution in [0.1, 0.15) is 37.7 Å². The molecule has 0 saturated heterocycles. The molecule has 0 amide bonds. The number of halogens is 1. The fraction of sp³-hybridized carbons (Fsp3) is 0.429. The largest absolute Gasteiger partial charge is 0.303 e. The lowest BCUT2D eigenvalue weighted by Gasteiger charge is -2.14. The van der Waals surface area contributed by atoms with Crippen molar-refractivity contribution in [3.8, 4) is 0 Å². The molecule has 1 heterocycles. The normalized spacial score (nSPS) is 12.6. The van der Waals surface area contributed by atoms with Crippen LogP contribution in [0, 0.1) is 0 Å². The summed E-state index contributed by atoms with van der Waals surface area (Å²) in [6, 6.07) is 8.13. The van der Waals surface area contributed by atoms with E-state index >= 15 is 0 Å². The number of nitrogens with one attached hydrogen (secondary N) is 1. The van der Waals surface area contributed by atoms with E-state index in [0.29, 0.717) is 6.54 Å². The molecule has 1 aromatic heterocycles. The molecule has 0 aliphatic rings. The highest BCUT2D eigenvalue weighted by Gasteiger charge is 2.08. The number of aryl methyl sites for hydroxylation is 1. The van der Waals surface area contributed by atoms with E-state index in [-0.39, 0.29) is 6.04 Å². The molecule has 0 unspecified atom stereocenters. The summed E-state index contributed by atoms with van der Waals surface area (Å²) in [5.74, 6) is 0.968. The second kappa shape index (κ2) is 6.68. The van der Waals surface area contributed by atoms with E-state index in [1.807, 2.05) is 22.9 Å². The lowest BCUT2D eigenvalue weighted by Crippen LogP contribution is -2.21. The Morgan fingerprint density at radius 2 is 2.26 bits per heavy atom. The van der Waals surface area contributed by atoms with Gasteiger partial charge in [0, 0.05) is 17.6 Å². The summed E-state index contributed by atoms with van der Waals surface area (Å²) < 4.78 is 1.94. The summed E-state index contributed by atoms with van der Waals surface area (Å²) in [4.78, 5) is 4.28. The molecule has 2 aromatic rings. The Balaban J connectivity index is 1.96. The third kappa shape index (κ3) is 3.78. The van der Waals surface area contributed by atoms with Crippen molar-refractivity contribution in [1.29, 1.82) is 0 Å². The van der Waals surface area contributed by atoms with Crippen LogP contribution in [-0.4, -0.2) is 14.8 Å². The van der Waals surface area contributed by atoms with Crippen LogP contribution in [0.3, 0.4) is 0 Å². The van der Waals surface area contributed by atoms with Crippen molar-refractivity contribution in [2.45, 2.75) is 39.4 Å². The molecule has 0 spiro atoms. The highest BCUT2D eigenvalue weighted by molar-refractivity contribution is 6.30. The standard InChI is InChI=1S/C14H19ClN4/c1-3-7-19-14(17-10-18-19)9-16-11(2)12-5-4-6-13(15)8-12/h4-6,8,10-11,16H,3,7,9H2,1-2H3/t11-/m1/s1. The molecule has 0 fully saturated rings. The monoisotopic (exact) mass is 278 g/mol. The summed E-state index contributed by atoms with van der Waals surface area (Å²) in [6.45, 7) is 5.86. The van der Waals surface area contributed by atoms with E-state index in [9.17, 15) is 0 Å². The molecule has 4 nitrogen and oxygen atoms in total. The molecule has 1 aromatic carbocycles. The Morgan fingerprint density at radius 1 is 1.42 bits per heavy atom. The first-order valence-electron chi connectivity index (χ1n) is 6.56. The Hall–Kier alpha value is -1.39. The van der Waals surface area contributed by atoms with Crippen molar-refractivity contribution in [3.63, 3.8) is 0 Å². The van der Waals surface area contributed by atoms with E-state index in [0.717, 1.165) is 23.8 Å². The van der Waals surface area contributed by atoms with Gasteiger partial charge in [0.2, 0.25) is 0 Å². The van der Waals surface area contributed by atoms with Gasteiger partial charge in [-0.25, -0.2) is 9.67 Å². The number of hydrogen-bond acceptors (Lipinski definition) is 3. The molecule has 0 bridgehead atoms. The second-order valence-electron chi connectivity index (χ2n) is 4.56. The predicted molar refractivity (Wildman–Crippen MR) is 77.0 cm³/mol. The minimum Gasteiger partial charge on any atom is -0.303 e. The van der Waals surface area contributed by atoms with Gasteiger partial charge in [0.1, 0.15) is 12.2 Å². The van der Waals surface area contributed by atoms with Crippen LogP contribution >= 0.6 is 11.6 Å². The van der Waals surface area contributed by atoms with E-state index < -0.39 is 0 Å². The number of aromatic nitrogens is 3. The molecule has 19 heavy (non-hydrogen) atoms. The Morgan fingerprint density at radius 3 is 3.00 bits per heavy atom. The van der Waals surface area contributed by atoms with Crippen molar-refractivity contribution < 1.29 is 0 Å². The van der Waals surface area contributed by atoms with Crippen molar-refractivity contribution in [3.05, 3.63) is 47.0 Å². The zero-order chi connectivity index (χ0) is 13.7. The van der Waals surface area contributed by atoms with Crippen molar-refractivity contribution in [1.82, 2.24) is 20.1 Å². The number of nitrogens with zero attached hydrogens (tertiary/aromatic N) is 3. The van der Waals surface area contributed by atoms with Crippen LogP contribution in [-0.2, 0) is 13.1 Å². The van der Waals surface area contributed by atoms with Crippen LogP contribution in [0.5, 0.6) is 0 Å². The zero-order valence-electron chi connectivity index (χ0n) is 11.3. The molecule has 1 atom stereocenters. The van der Waals surface area contributed by atoms with Crippen molar-refractivity contribution >= 4 is 11.6 Å². The lowest BCUT2D eigenvalue weighted by molar-refractivity contribution is 0.509. The molecule has 1 N–H and O–H groups in total. The SMILES string of the molecule is CCCn1ncnc1CN[C@H](C)c1cccc(Cl)c1. The zero-order valence-corrected chi connectivity index (χ0v) is 12.1. The van der Waals surface area contributed by atoms with Gasteiger partial charge in [-0.05, 0) is 31.0 Å². The van der Waals surface area contributed by atoms with Crippen molar-refractivity contribution in [2.24, 2.45) is 0 Å². The third-order valence-corrected chi connectivity index (χ3v) is 3.28. The van der Waals surface area contributed by atoms with E-state index in [4.69, 9.17) is 11.6 Å². The molecule has 102 valence electrons. The summed E-state index contributed by atoms with van der Waals surface area (Å²) in [5.41, 5.74) is 1.18. The van der Waals surface area contributed by atoms with Gasteiger partial charge in [0.05, 0.1) is 6.54 Å². The number of benzene rings is 1. The molecule has 0 aliphatic carbocycles. The molecular formula is C14H19ClN4. The fourth-order valence-corrected chi connectivity index (χ4v) is 2.16. The van der Waals surface area contributed by atoms with Gasteiger partial charge < -0.3 is 5.32 Å². The first-order valence-corrected chi connectivity index (χ1v) is 6.94. The van der Waals surface area contributed by atoms with Gasteiger partial charge in [-0.2, -0.15) is 5.10 Å². The smallest absolute Gasteiger partial charge is 0.140 e. The van der Waals surface area contributed by atoms with Gasteiger partial charge in [-0.15, -0.1) is 0 Å². The topological polar surface area (TPSA) is 42.7 Å². The van der Waals surface area contributed by atoms with E-state index in [1.165, 1.54) is 5.56 Å². The Kier molecular flexibility index (Phi) is 4.93. The molecule has 5 heteroatoms. The van der Waals surface area contributed by atoms with Gasteiger partial charge in [0.15, 0.2) is 0 Å². The van der Waals surface area contributed by atoms with Crippen LogP contribution < -0.4 is 5.32 Å². The Labute approximate surface area is 118 Å². The van der Waals surface area contributed by atoms with Gasteiger partial charge in [-0.3, -0.25) is 0 Å². The van der Waals surface area contributed by atoms with E-state index in [2.05, 4.69) is 35.3 Å². The minimum absolute atomic E-state index is 0.227. The lowest BCUT2D eigenvalue weighted by atomic mass is 10.1. The average molecular weight is 279 g/mol. The summed E-state index contributed by atoms with van der Waals surface area (Å²) in [6.07, 6.45) is 2.66.